The van der Waals surface area contributed by atoms with Gasteiger partial charge in [-0.15, -0.1) is 23.5 Å². The summed E-state index contributed by atoms with van der Waals surface area (Å²) in [6.07, 6.45) is 2.87. The van der Waals surface area contributed by atoms with Crippen molar-refractivity contribution in [3.63, 3.8) is 0 Å². The van der Waals surface area contributed by atoms with Gasteiger partial charge in [-0.25, -0.2) is 0 Å². The number of hydrogen-bond donors (Lipinski definition) is 1. The highest BCUT2D eigenvalue weighted by Gasteiger charge is 2.34. The van der Waals surface area contributed by atoms with Crippen molar-refractivity contribution in [2.75, 3.05) is 0 Å². The lowest BCUT2D eigenvalue weighted by atomic mass is 10.3. The first-order valence-corrected chi connectivity index (χ1v) is 5.86. The van der Waals surface area contributed by atoms with Crippen LogP contribution in [0.3, 0.4) is 0 Å². The second-order valence-electron chi connectivity index (χ2n) is 3.35. The molecule has 1 N–H and O–H groups in total. The fourth-order valence-corrected chi connectivity index (χ4v) is 5.47. The van der Waals surface area contributed by atoms with Crippen molar-refractivity contribution in [2.45, 2.75) is 41.8 Å². The average molecular weight is 205 g/mol. The third kappa shape index (κ3) is 2.59. The van der Waals surface area contributed by atoms with Crippen LogP contribution in [0, 0.1) is 0 Å². The molecule has 0 bridgehead atoms. The molecule has 1 saturated heterocycles. The summed E-state index contributed by atoms with van der Waals surface area (Å²) in [5.41, 5.74) is 0. The third-order valence-electron chi connectivity index (χ3n) is 1.83. The second kappa shape index (κ2) is 3.92. The molecule has 0 aromatic rings. The molecule has 2 unspecified atom stereocenters. The Morgan fingerprint density at radius 2 is 1.92 bits per heavy atom. The van der Waals surface area contributed by atoms with Crippen molar-refractivity contribution in [3.8, 4) is 0 Å². The van der Waals surface area contributed by atoms with Gasteiger partial charge in [0.15, 0.2) is 0 Å². The largest absolute Gasteiger partial charge is 0.411 e. The van der Waals surface area contributed by atoms with Crippen LogP contribution in [0.1, 0.15) is 27.2 Å². The average Bonchev–Trinajstić information content (AvgIpc) is 1.82. The van der Waals surface area contributed by atoms with Crippen LogP contribution in [0.25, 0.3) is 0 Å². The zero-order valence-electron chi connectivity index (χ0n) is 7.65. The molecule has 2 atom stereocenters. The van der Waals surface area contributed by atoms with Gasteiger partial charge in [-0.1, -0.05) is 19.0 Å². The monoisotopic (exact) mass is 205 g/mol. The summed E-state index contributed by atoms with van der Waals surface area (Å²) >= 11 is 3.74. The van der Waals surface area contributed by atoms with Crippen LogP contribution in [0.4, 0.5) is 0 Å². The number of rotatable bonds is 1. The highest BCUT2D eigenvalue weighted by molar-refractivity contribution is 8.20. The van der Waals surface area contributed by atoms with Crippen LogP contribution in [0.15, 0.2) is 5.16 Å². The van der Waals surface area contributed by atoms with Gasteiger partial charge >= 0.3 is 0 Å². The molecule has 0 amide bonds. The Labute approximate surface area is 82.2 Å². The van der Waals surface area contributed by atoms with Gasteiger partial charge in [-0.2, -0.15) is 0 Å². The minimum Gasteiger partial charge on any atom is -0.411 e. The van der Waals surface area contributed by atoms with Crippen molar-refractivity contribution < 1.29 is 5.21 Å². The van der Waals surface area contributed by atoms with E-state index in [-0.39, 0.29) is 4.08 Å². The van der Waals surface area contributed by atoms with Gasteiger partial charge in [-0.3, -0.25) is 0 Å². The fraction of sp³-hybridized carbons (Fsp3) is 0.875. The van der Waals surface area contributed by atoms with Crippen LogP contribution in [-0.4, -0.2) is 26.0 Å². The van der Waals surface area contributed by atoms with E-state index in [2.05, 4.69) is 25.9 Å². The van der Waals surface area contributed by atoms with Crippen LogP contribution < -0.4 is 0 Å². The molecule has 0 aliphatic carbocycles. The first-order valence-electron chi connectivity index (χ1n) is 4.10. The number of nitrogens with zero attached hydrogens (tertiary/aromatic N) is 1. The maximum Gasteiger partial charge on any atom is 0.0971 e. The zero-order valence-corrected chi connectivity index (χ0v) is 9.28. The summed E-state index contributed by atoms with van der Waals surface area (Å²) in [6.45, 7) is 6.56. The van der Waals surface area contributed by atoms with E-state index < -0.39 is 0 Å². The summed E-state index contributed by atoms with van der Waals surface area (Å²) in [5, 5.41) is 12.9. The first-order chi connectivity index (χ1) is 5.56. The predicted octanol–water partition coefficient (Wildman–Crippen LogP) is 2.81. The van der Waals surface area contributed by atoms with Gasteiger partial charge in [0.2, 0.25) is 0 Å². The third-order valence-corrected chi connectivity index (χ3v) is 4.74. The van der Waals surface area contributed by atoms with Gasteiger partial charge in [-0.05, 0) is 13.3 Å². The highest BCUT2D eigenvalue weighted by atomic mass is 32.2. The molecule has 1 fully saturated rings. The quantitative estimate of drug-likeness (QED) is 0.406. The van der Waals surface area contributed by atoms with Gasteiger partial charge < -0.3 is 5.21 Å². The van der Waals surface area contributed by atoms with Crippen LogP contribution in [0.2, 0.25) is 0 Å². The van der Waals surface area contributed by atoms with E-state index in [1.165, 1.54) is 6.42 Å². The minimum atomic E-state index is -0.0359. The maximum atomic E-state index is 8.50. The number of oxime groups is 1. The van der Waals surface area contributed by atoms with Gasteiger partial charge in [0.05, 0.1) is 10.3 Å². The van der Waals surface area contributed by atoms with Gasteiger partial charge in [0, 0.05) is 10.5 Å². The molecular formula is C8H15NOS2. The van der Waals surface area contributed by atoms with Crippen molar-refractivity contribution in [1.29, 1.82) is 0 Å². The molecule has 12 heavy (non-hydrogen) atoms. The minimum absolute atomic E-state index is 0.0359. The van der Waals surface area contributed by atoms with Crippen molar-refractivity contribution in [2.24, 2.45) is 5.16 Å². The molecule has 2 nitrogen and oxygen atoms in total. The normalized spacial score (nSPS) is 43.6. The summed E-state index contributed by atoms with van der Waals surface area (Å²) < 4.78 is -0.0359. The van der Waals surface area contributed by atoms with Gasteiger partial charge in [0.1, 0.15) is 0 Å². The van der Waals surface area contributed by atoms with Crippen molar-refractivity contribution in [3.05, 3.63) is 0 Å². The van der Waals surface area contributed by atoms with Gasteiger partial charge in [0.25, 0.3) is 0 Å². The van der Waals surface area contributed by atoms with E-state index in [0.717, 1.165) is 0 Å². The lowest BCUT2D eigenvalue weighted by Crippen LogP contribution is -2.30. The summed E-state index contributed by atoms with van der Waals surface area (Å²) in [7, 11) is 0. The molecule has 0 radical (unpaired) electrons. The van der Waals surface area contributed by atoms with E-state index in [1.807, 2.05) is 23.5 Å². The Hall–Kier alpha value is 0.170. The smallest absolute Gasteiger partial charge is 0.0971 e. The molecule has 1 rings (SSSR count). The maximum absolute atomic E-state index is 8.50. The van der Waals surface area contributed by atoms with Crippen molar-refractivity contribution >= 4 is 29.7 Å². The zero-order chi connectivity index (χ0) is 9.19. The number of hydrogen-bond acceptors (Lipinski definition) is 4. The lowest BCUT2D eigenvalue weighted by Gasteiger charge is -2.36. The molecule has 0 saturated carbocycles. The molecule has 70 valence electrons. The van der Waals surface area contributed by atoms with Crippen molar-refractivity contribution in [1.82, 2.24) is 0 Å². The molecule has 0 aromatic carbocycles. The second-order valence-corrected chi connectivity index (χ2v) is 7.39. The lowest BCUT2D eigenvalue weighted by molar-refractivity contribution is 0.320. The Morgan fingerprint density at radius 1 is 1.42 bits per heavy atom. The Bertz CT molecular complexity index is 174. The topological polar surface area (TPSA) is 32.6 Å². The molecular weight excluding hydrogens is 190 g/mol. The fourth-order valence-electron chi connectivity index (χ4n) is 1.56. The standard InChI is InChI=1S/C8H15NOS2/c1-6-4-7(2)12-8(3,11-6)5-9-10/h5-7,10H,4H2,1-3H3. The molecule has 0 spiro atoms. The Morgan fingerprint density at radius 3 is 2.33 bits per heavy atom. The van der Waals surface area contributed by atoms with E-state index in [9.17, 15) is 0 Å². The predicted molar refractivity (Wildman–Crippen MR) is 57.4 cm³/mol. The molecule has 0 aromatic heterocycles. The molecule has 1 aliphatic rings. The van der Waals surface area contributed by atoms with E-state index in [4.69, 9.17) is 5.21 Å². The number of thioether (sulfide) groups is 2. The summed E-state index contributed by atoms with van der Waals surface area (Å²) in [4.78, 5) is 0. The summed E-state index contributed by atoms with van der Waals surface area (Å²) in [6, 6.07) is 0. The summed E-state index contributed by atoms with van der Waals surface area (Å²) in [5.74, 6) is 0. The molecule has 1 aliphatic heterocycles. The van der Waals surface area contributed by atoms with E-state index in [0.29, 0.717) is 10.5 Å². The highest BCUT2D eigenvalue weighted by Crippen LogP contribution is 2.47. The van der Waals surface area contributed by atoms with E-state index >= 15 is 0 Å². The Balaban J connectivity index is 2.64. The van der Waals surface area contributed by atoms with Crippen LogP contribution in [-0.2, 0) is 0 Å². The molecule has 1 heterocycles. The van der Waals surface area contributed by atoms with E-state index in [1.54, 1.807) is 6.21 Å². The first kappa shape index (κ1) is 10.3. The molecule has 4 heteroatoms. The van der Waals surface area contributed by atoms with Crippen LogP contribution in [0.5, 0.6) is 0 Å². The SMILES string of the molecule is CC1CC(C)SC(C)(C=NO)S1. The Kier molecular flexibility index (Phi) is 3.35. The van der Waals surface area contributed by atoms with Crippen LogP contribution >= 0.6 is 23.5 Å².